The summed E-state index contributed by atoms with van der Waals surface area (Å²) >= 11 is 6.00. The molecule has 4 heterocycles. The molecule has 0 radical (unpaired) electrons. The molecule has 2 aromatic rings. The van der Waals surface area contributed by atoms with Gasteiger partial charge in [-0.25, -0.2) is 19.2 Å². The van der Waals surface area contributed by atoms with Gasteiger partial charge in [-0.3, -0.25) is 5.32 Å². The Morgan fingerprint density at radius 2 is 2.21 bits per heavy atom. The zero-order chi connectivity index (χ0) is 16.7. The van der Waals surface area contributed by atoms with Crippen LogP contribution in [0.2, 0.25) is 5.15 Å². The molecule has 1 fully saturated rings. The molecule has 2 bridgehead atoms. The molecule has 2 amide bonds. The molecule has 2 aliphatic rings. The van der Waals surface area contributed by atoms with E-state index in [-0.39, 0.29) is 11.6 Å². The van der Waals surface area contributed by atoms with Crippen LogP contribution in [0, 0.1) is 5.82 Å². The van der Waals surface area contributed by atoms with Crippen molar-refractivity contribution >= 4 is 29.1 Å². The van der Waals surface area contributed by atoms with Crippen molar-refractivity contribution in [3.63, 3.8) is 0 Å². The first kappa shape index (κ1) is 15.1. The SMILES string of the molecule is O=C(Nc1ccc(F)cn1)NC12CCN(C1)c1ccc(Cl)nc1C2. The molecular formula is C16H15ClFN5O. The summed E-state index contributed by atoms with van der Waals surface area (Å²) in [6.45, 7) is 1.58. The van der Waals surface area contributed by atoms with Crippen LogP contribution < -0.4 is 15.5 Å². The van der Waals surface area contributed by atoms with Crippen molar-refractivity contribution < 1.29 is 9.18 Å². The molecule has 0 aliphatic carbocycles. The summed E-state index contributed by atoms with van der Waals surface area (Å²) in [5.41, 5.74) is 1.59. The summed E-state index contributed by atoms with van der Waals surface area (Å²) in [5, 5.41) is 6.13. The predicted octanol–water partition coefficient (Wildman–Crippen LogP) is 2.60. The number of urea groups is 1. The van der Waals surface area contributed by atoms with Crippen LogP contribution in [-0.2, 0) is 6.42 Å². The summed E-state index contributed by atoms with van der Waals surface area (Å²) in [5.74, 6) is -0.143. The lowest BCUT2D eigenvalue weighted by Crippen LogP contribution is -2.55. The Labute approximate surface area is 143 Å². The number of halogens is 2. The lowest BCUT2D eigenvalue weighted by Gasteiger charge is -2.36. The molecule has 1 atom stereocenters. The molecule has 24 heavy (non-hydrogen) atoms. The average Bonchev–Trinajstić information content (AvgIpc) is 2.87. The van der Waals surface area contributed by atoms with E-state index in [4.69, 9.17) is 11.6 Å². The molecule has 124 valence electrons. The Hall–Kier alpha value is -2.41. The molecule has 6 nitrogen and oxygen atoms in total. The molecular weight excluding hydrogens is 333 g/mol. The van der Waals surface area contributed by atoms with Crippen molar-refractivity contribution in [1.29, 1.82) is 0 Å². The molecule has 0 spiro atoms. The first-order chi connectivity index (χ1) is 11.5. The van der Waals surface area contributed by atoms with Crippen molar-refractivity contribution in [2.75, 3.05) is 23.3 Å². The third kappa shape index (κ3) is 2.75. The Bertz CT molecular complexity index is 800. The molecule has 2 N–H and O–H groups in total. The minimum atomic E-state index is -0.446. The van der Waals surface area contributed by atoms with Gasteiger partial charge in [-0.05, 0) is 30.7 Å². The lowest BCUT2D eigenvalue weighted by molar-refractivity contribution is 0.238. The monoisotopic (exact) mass is 347 g/mol. The number of carbonyl (C=O) groups is 1. The van der Waals surface area contributed by atoms with Gasteiger partial charge in [-0.1, -0.05) is 11.6 Å². The number of hydrogen-bond acceptors (Lipinski definition) is 4. The van der Waals surface area contributed by atoms with Crippen LogP contribution in [0.25, 0.3) is 0 Å². The van der Waals surface area contributed by atoms with Crippen molar-refractivity contribution in [1.82, 2.24) is 15.3 Å². The topological polar surface area (TPSA) is 70.2 Å². The van der Waals surface area contributed by atoms with Crippen LogP contribution >= 0.6 is 11.6 Å². The van der Waals surface area contributed by atoms with Crippen molar-refractivity contribution in [2.45, 2.75) is 18.4 Å². The quantitative estimate of drug-likeness (QED) is 0.819. The number of rotatable bonds is 2. The summed E-state index contributed by atoms with van der Waals surface area (Å²) < 4.78 is 12.9. The highest BCUT2D eigenvalue weighted by Crippen LogP contribution is 2.38. The third-order valence-electron chi connectivity index (χ3n) is 4.46. The van der Waals surface area contributed by atoms with E-state index in [0.29, 0.717) is 17.4 Å². The normalized spacial score (nSPS) is 21.3. The minimum absolute atomic E-state index is 0.303. The Kier molecular flexibility index (Phi) is 3.53. The van der Waals surface area contributed by atoms with Crippen LogP contribution in [0.15, 0.2) is 30.5 Å². The Morgan fingerprint density at radius 3 is 3.00 bits per heavy atom. The second-order valence-corrected chi connectivity index (χ2v) is 6.56. The van der Waals surface area contributed by atoms with E-state index < -0.39 is 5.82 Å². The summed E-state index contributed by atoms with van der Waals surface area (Å²) in [6.07, 6.45) is 2.52. The molecule has 1 unspecified atom stereocenters. The predicted molar refractivity (Wildman–Crippen MR) is 88.9 cm³/mol. The number of hydrogen-bond donors (Lipinski definition) is 2. The number of carbonyl (C=O) groups excluding carboxylic acids is 1. The Morgan fingerprint density at radius 1 is 1.33 bits per heavy atom. The molecule has 1 saturated heterocycles. The standard InChI is InChI=1S/C16H15ClFN5O/c17-13-3-2-12-11(20-13)7-16(5-6-23(12)9-16)22-15(24)21-14-4-1-10(18)8-19-14/h1-4,8H,5-7,9H2,(H2,19,21,22,24). The smallest absolute Gasteiger partial charge is 0.320 e. The number of nitrogens with zero attached hydrogens (tertiary/aromatic N) is 3. The van der Waals surface area contributed by atoms with Gasteiger partial charge < -0.3 is 10.2 Å². The molecule has 0 aromatic carbocycles. The van der Waals surface area contributed by atoms with E-state index in [1.165, 1.54) is 12.1 Å². The second kappa shape index (κ2) is 5.59. The first-order valence-corrected chi connectivity index (χ1v) is 8.02. The van der Waals surface area contributed by atoms with Gasteiger partial charge in [0.15, 0.2) is 0 Å². The summed E-state index contributed by atoms with van der Waals surface area (Å²) in [4.78, 5) is 22.7. The Balaban J connectivity index is 1.50. The fraction of sp³-hybridized carbons (Fsp3) is 0.312. The van der Waals surface area contributed by atoms with Gasteiger partial charge in [0.1, 0.15) is 16.8 Å². The van der Waals surface area contributed by atoms with Gasteiger partial charge in [-0.15, -0.1) is 0 Å². The van der Waals surface area contributed by atoms with E-state index in [0.717, 1.165) is 37.1 Å². The maximum atomic E-state index is 12.9. The lowest BCUT2D eigenvalue weighted by atomic mass is 9.90. The van der Waals surface area contributed by atoms with Crippen LogP contribution in [0.1, 0.15) is 12.1 Å². The zero-order valence-electron chi connectivity index (χ0n) is 12.7. The van der Waals surface area contributed by atoms with Crippen LogP contribution in [0.4, 0.5) is 20.7 Å². The minimum Gasteiger partial charge on any atom is -0.368 e. The zero-order valence-corrected chi connectivity index (χ0v) is 13.5. The van der Waals surface area contributed by atoms with E-state index >= 15 is 0 Å². The number of amides is 2. The molecule has 2 aromatic heterocycles. The highest BCUT2D eigenvalue weighted by molar-refractivity contribution is 6.29. The third-order valence-corrected chi connectivity index (χ3v) is 4.67. The van der Waals surface area contributed by atoms with Gasteiger partial charge >= 0.3 is 6.03 Å². The van der Waals surface area contributed by atoms with E-state index in [1.807, 2.05) is 6.07 Å². The molecule has 2 aliphatic heterocycles. The largest absolute Gasteiger partial charge is 0.368 e. The maximum Gasteiger partial charge on any atom is 0.320 e. The van der Waals surface area contributed by atoms with Crippen LogP contribution in [-0.4, -0.2) is 34.6 Å². The van der Waals surface area contributed by atoms with E-state index in [1.54, 1.807) is 6.07 Å². The number of pyridine rings is 2. The van der Waals surface area contributed by atoms with Gasteiger partial charge in [0.05, 0.1) is 23.1 Å². The van der Waals surface area contributed by atoms with E-state index in [9.17, 15) is 9.18 Å². The molecule has 8 heteroatoms. The average molecular weight is 348 g/mol. The van der Waals surface area contributed by atoms with Gasteiger partial charge in [0.2, 0.25) is 0 Å². The highest BCUT2D eigenvalue weighted by atomic mass is 35.5. The number of fused-ring (bicyclic) bond motifs is 4. The molecule has 4 rings (SSSR count). The van der Waals surface area contributed by atoms with Crippen molar-refractivity contribution in [3.8, 4) is 0 Å². The van der Waals surface area contributed by atoms with Gasteiger partial charge in [0.25, 0.3) is 0 Å². The van der Waals surface area contributed by atoms with Gasteiger partial charge in [0, 0.05) is 19.5 Å². The number of nitrogens with one attached hydrogen (secondary N) is 2. The first-order valence-electron chi connectivity index (χ1n) is 7.64. The molecule has 0 saturated carbocycles. The fourth-order valence-corrected chi connectivity index (χ4v) is 3.58. The van der Waals surface area contributed by atoms with E-state index in [2.05, 4.69) is 25.5 Å². The highest BCUT2D eigenvalue weighted by Gasteiger charge is 2.45. The van der Waals surface area contributed by atoms with Crippen LogP contribution in [0.5, 0.6) is 0 Å². The number of anilines is 2. The summed E-state index contributed by atoms with van der Waals surface area (Å²) in [6, 6.07) is 6.07. The van der Waals surface area contributed by atoms with Crippen molar-refractivity contribution in [2.24, 2.45) is 0 Å². The van der Waals surface area contributed by atoms with Gasteiger partial charge in [-0.2, -0.15) is 0 Å². The number of aromatic nitrogens is 2. The second-order valence-electron chi connectivity index (χ2n) is 6.17. The summed E-state index contributed by atoms with van der Waals surface area (Å²) in [7, 11) is 0. The fourth-order valence-electron chi connectivity index (χ4n) is 3.41. The van der Waals surface area contributed by atoms with Crippen molar-refractivity contribution in [3.05, 3.63) is 47.1 Å². The maximum absolute atomic E-state index is 12.9. The van der Waals surface area contributed by atoms with Crippen LogP contribution in [0.3, 0.4) is 0 Å².